The van der Waals surface area contributed by atoms with E-state index in [0.717, 1.165) is 38.4 Å². The maximum absolute atomic E-state index is 11.6. The Bertz CT molecular complexity index is 565. The Morgan fingerprint density at radius 2 is 1.88 bits per heavy atom. The molecule has 1 aliphatic heterocycles. The lowest BCUT2D eigenvalue weighted by Gasteiger charge is -2.38. The fraction of sp³-hybridized carbons (Fsp3) is 0.667. The van der Waals surface area contributed by atoms with Crippen molar-refractivity contribution in [1.29, 1.82) is 0 Å². The number of amides is 1. The van der Waals surface area contributed by atoms with Gasteiger partial charge in [0.2, 0.25) is 5.91 Å². The molecule has 140 valence electrons. The second-order valence-electron chi connectivity index (χ2n) is 7.24. The smallest absolute Gasteiger partial charge is 0.225 e. The highest BCUT2D eigenvalue weighted by Crippen LogP contribution is 2.27. The van der Waals surface area contributed by atoms with E-state index in [1.165, 1.54) is 42.4 Å². The van der Waals surface area contributed by atoms with Gasteiger partial charge in [-0.1, -0.05) is 38.7 Å². The highest BCUT2D eigenvalue weighted by Gasteiger charge is 2.32. The first-order valence-electron chi connectivity index (χ1n) is 9.72. The summed E-state index contributed by atoms with van der Waals surface area (Å²) in [5, 5.41) is 2.73. The van der Waals surface area contributed by atoms with Gasteiger partial charge in [0, 0.05) is 26.7 Å². The molecule has 1 aliphatic rings. The lowest BCUT2D eigenvalue weighted by molar-refractivity contribution is -0.129. The molecule has 4 nitrogen and oxygen atoms in total. The van der Waals surface area contributed by atoms with Gasteiger partial charge in [-0.05, 0) is 43.0 Å². The first kappa shape index (κ1) is 19.8. The van der Waals surface area contributed by atoms with E-state index in [1.54, 1.807) is 7.05 Å². The van der Waals surface area contributed by atoms with Crippen molar-refractivity contribution >= 4 is 5.91 Å². The topological polar surface area (TPSA) is 41.6 Å². The number of unbranched alkanes of at least 4 members (excludes halogenated alkanes) is 4. The molecule has 1 amide bonds. The van der Waals surface area contributed by atoms with Gasteiger partial charge < -0.3 is 10.1 Å². The highest BCUT2D eigenvalue weighted by molar-refractivity contribution is 5.79. The summed E-state index contributed by atoms with van der Waals surface area (Å²) in [6.07, 6.45) is 6.30. The average Bonchev–Trinajstić information content (AvgIpc) is 2.58. The van der Waals surface area contributed by atoms with E-state index < -0.39 is 0 Å². The Kier molecular flexibility index (Phi) is 7.76. The van der Waals surface area contributed by atoms with E-state index in [4.69, 9.17) is 4.74 Å². The van der Waals surface area contributed by atoms with Gasteiger partial charge in [-0.15, -0.1) is 0 Å². The zero-order chi connectivity index (χ0) is 18.2. The van der Waals surface area contributed by atoms with Crippen LogP contribution in [0.2, 0.25) is 0 Å². The van der Waals surface area contributed by atoms with Crippen molar-refractivity contribution < 1.29 is 9.53 Å². The van der Waals surface area contributed by atoms with E-state index in [1.807, 2.05) is 0 Å². The van der Waals surface area contributed by atoms with Crippen LogP contribution in [0.3, 0.4) is 0 Å². The van der Waals surface area contributed by atoms with Crippen molar-refractivity contribution in [3.05, 3.63) is 28.8 Å². The average molecular weight is 347 g/mol. The van der Waals surface area contributed by atoms with Crippen molar-refractivity contribution in [2.45, 2.75) is 59.4 Å². The van der Waals surface area contributed by atoms with Gasteiger partial charge in [0.05, 0.1) is 12.5 Å². The monoisotopic (exact) mass is 346 g/mol. The number of likely N-dealkylation sites (tertiary alicyclic amines) is 1. The van der Waals surface area contributed by atoms with Crippen molar-refractivity contribution in [3.8, 4) is 5.75 Å². The molecule has 1 saturated heterocycles. The molecule has 0 spiro atoms. The molecule has 1 aromatic carbocycles. The maximum atomic E-state index is 11.6. The van der Waals surface area contributed by atoms with Crippen LogP contribution in [0.15, 0.2) is 12.1 Å². The number of hydrogen-bond donors (Lipinski definition) is 1. The van der Waals surface area contributed by atoms with Crippen LogP contribution in [-0.4, -0.2) is 37.6 Å². The van der Waals surface area contributed by atoms with Crippen LogP contribution < -0.4 is 10.1 Å². The number of benzene rings is 1. The van der Waals surface area contributed by atoms with Crippen molar-refractivity contribution in [2.75, 3.05) is 26.7 Å². The fourth-order valence-electron chi connectivity index (χ4n) is 3.38. The maximum Gasteiger partial charge on any atom is 0.225 e. The standard InChI is InChI=1S/C21H34N2O2/c1-5-6-7-8-9-12-25-20-11-10-18(16(2)17(20)3)13-23-14-19(15-23)21(24)22-4/h10-11,19H,5-9,12-15H2,1-4H3,(H,22,24). The molecule has 4 heteroatoms. The number of carbonyl (C=O) groups excluding carboxylic acids is 1. The predicted molar refractivity (Wildman–Crippen MR) is 103 cm³/mol. The van der Waals surface area contributed by atoms with E-state index in [0.29, 0.717) is 0 Å². The number of rotatable bonds is 10. The Morgan fingerprint density at radius 1 is 1.16 bits per heavy atom. The molecule has 0 aliphatic carbocycles. The van der Waals surface area contributed by atoms with Gasteiger partial charge in [0.15, 0.2) is 0 Å². The third-order valence-corrected chi connectivity index (χ3v) is 5.32. The third kappa shape index (κ3) is 5.46. The normalized spacial score (nSPS) is 15.0. The van der Waals surface area contributed by atoms with Crippen molar-refractivity contribution in [2.24, 2.45) is 5.92 Å². The Labute approximate surface area is 152 Å². The quantitative estimate of drug-likeness (QED) is 0.655. The van der Waals surface area contributed by atoms with E-state index in [2.05, 4.69) is 43.1 Å². The van der Waals surface area contributed by atoms with Gasteiger partial charge in [-0.2, -0.15) is 0 Å². The van der Waals surface area contributed by atoms with Crippen molar-refractivity contribution in [3.63, 3.8) is 0 Å². The van der Waals surface area contributed by atoms with Crippen molar-refractivity contribution in [1.82, 2.24) is 10.2 Å². The van der Waals surface area contributed by atoms with Crippen LogP contribution in [0.25, 0.3) is 0 Å². The molecule has 2 rings (SSSR count). The second-order valence-corrected chi connectivity index (χ2v) is 7.24. The summed E-state index contributed by atoms with van der Waals surface area (Å²) >= 11 is 0. The Balaban J connectivity index is 1.80. The Morgan fingerprint density at radius 3 is 2.56 bits per heavy atom. The van der Waals surface area contributed by atoms with Crippen LogP contribution in [-0.2, 0) is 11.3 Å². The van der Waals surface area contributed by atoms with E-state index in [9.17, 15) is 4.79 Å². The summed E-state index contributed by atoms with van der Waals surface area (Å²) in [7, 11) is 1.71. The molecule has 0 atom stereocenters. The van der Waals surface area contributed by atoms with Gasteiger partial charge in [0.25, 0.3) is 0 Å². The van der Waals surface area contributed by atoms with Crippen LogP contribution in [0.4, 0.5) is 0 Å². The molecule has 1 aromatic rings. The molecule has 1 N–H and O–H groups in total. The van der Waals surface area contributed by atoms with E-state index >= 15 is 0 Å². The molecular weight excluding hydrogens is 312 g/mol. The van der Waals surface area contributed by atoms with Gasteiger partial charge in [0.1, 0.15) is 5.75 Å². The summed E-state index contributed by atoms with van der Waals surface area (Å²) in [6.45, 7) is 10.00. The van der Waals surface area contributed by atoms with Crippen LogP contribution in [0.1, 0.15) is 55.7 Å². The van der Waals surface area contributed by atoms with Gasteiger partial charge in [-0.25, -0.2) is 0 Å². The molecule has 0 aromatic heterocycles. The van der Waals surface area contributed by atoms with E-state index in [-0.39, 0.29) is 11.8 Å². The molecule has 0 unspecified atom stereocenters. The molecule has 0 saturated carbocycles. The number of carbonyl (C=O) groups is 1. The zero-order valence-electron chi connectivity index (χ0n) is 16.4. The molecule has 1 heterocycles. The third-order valence-electron chi connectivity index (χ3n) is 5.32. The lowest BCUT2D eigenvalue weighted by Crippen LogP contribution is -2.52. The summed E-state index contributed by atoms with van der Waals surface area (Å²) in [6, 6.07) is 4.29. The number of ether oxygens (including phenoxy) is 1. The Hall–Kier alpha value is -1.55. The summed E-state index contributed by atoms with van der Waals surface area (Å²) < 4.78 is 5.99. The fourth-order valence-corrected chi connectivity index (χ4v) is 3.38. The minimum absolute atomic E-state index is 0.154. The molecule has 0 bridgehead atoms. The SMILES string of the molecule is CCCCCCCOc1ccc(CN2CC(C(=O)NC)C2)c(C)c1C. The largest absolute Gasteiger partial charge is 0.493 e. The number of nitrogens with one attached hydrogen (secondary N) is 1. The predicted octanol–water partition coefficient (Wildman–Crippen LogP) is 3.83. The molecule has 1 fully saturated rings. The van der Waals surface area contributed by atoms with Crippen LogP contribution in [0, 0.1) is 19.8 Å². The van der Waals surface area contributed by atoms with Gasteiger partial charge in [-0.3, -0.25) is 9.69 Å². The first-order valence-corrected chi connectivity index (χ1v) is 9.72. The minimum Gasteiger partial charge on any atom is -0.493 e. The number of hydrogen-bond acceptors (Lipinski definition) is 3. The second kappa shape index (κ2) is 9.81. The highest BCUT2D eigenvalue weighted by atomic mass is 16.5. The zero-order valence-corrected chi connectivity index (χ0v) is 16.4. The van der Waals surface area contributed by atoms with Crippen LogP contribution >= 0.6 is 0 Å². The molecule has 25 heavy (non-hydrogen) atoms. The molecular formula is C21H34N2O2. The minimum atomic E-state index is 0.154. The van der Waals surface area contributed by atoms with Gasteiger partial charge >= 0.3 is 0 Å². The summed E-state index contributed by atoms with van der Waals surface area (Å²) in [4.78, 5) is 13.9. The summed E-state index contributed by atoms with van der Waals surface area (Å²) in [5.74, 6) is 1.33. The van der Waals surface area contributed by atoms with Crippen LogP contribution in [0.5, 0.6) is 5.75 Å². The first-order chi connectivity index (χ1) is 12.1. The summed E-state index contributed by atoms with van der Waals surface area (Å²) in [5.41, 5.74) is 3.89. The lowest BCUT2D eigenvalue weighted by atomic mass is 9.96. The molecule has 0 radical (unpaired) electrons. The number of nitrogens with zero attached hydrogens (tertiary/aromatic N) is 1.